The van der Waals surface area contributed by atoms with Crippen LogP contribution < -0.4 is 0 Å². The first-order chi connectivity index (χ1) is 7.16. The van der Waals surface area contributed by atoms with Crippen molar-refractivity contribution in [3.05, 3.63) is 35.4 Å². The van der Waals surface area contributed by atoms with Crippen LogP contribution in [0.25, 0.3) is 0 Å². The summed E-state index contributed by atoms with van der Waals surface area (Å²) in [5.41, 5.74) is 1.64. The maximum Gasteiger partial charge on any atom is 0.340 e. The molecule has 15 heavy (non-hydrogen) atoms. The van der Waals surface area contributed by atoms with Gasteiger partial charge in [0, 0.05) is 0 Å². The monoisotopic (exact) mass is 224 g/mol. The first-order valence-electron chi connectivity index (χ1n) is 4.91. The van der Waals surface area contributed by atoms with E-state index in [1.807, 2.05) is 18.2 Å². The molecule has 0 spiro atoms. The fraction of sp³-hybridized carbons (Fsp3) is 0.364. The number of ether oxygens (including phenoxy) is 1. The summed E-state index contributed by atoms with van der Waals surface area (Å²) in [7, 11) is 0.574. The maximum atomic E-state index is 11.6. The Balaban J connectivity index is 2.87. The highest BCUT2D eigenvalue weighted by Crippen LogP contribution is 2.19. The number of carbonyl (C=O) groups is 1. The van der Waals surface area contributed by atoms with E-state index in [1.165, 1.54) is 0 Å². The van der Waals surface area contributed by atoms with Gasteiger partial charge in [-0.15, -0.1) is 0 Å². The third-order valence-electron chi connectivity index (χ3n) is 2.11. The molecule has 0 heterocycles. The highest BCUT2D eigenvalue weighted by Gasteiger charge is 2.13. The maximum absolute atomic E-state index is 11.6. The number of hydrogen-bond acceptors (Lipinski definition) is 3. The van der Waals surface area contributed by atoms with E-state index in [0.29, 0.717) is 22.0 Å². The molecule has 0 unspecified atom stereocenters. The Bertz CT molecular complexity index is 336. The van der Waals surface area contributed by atoms with Crippen molar-refractivity contribution in [3.63, 3.8) is 0 Å². The fourth-order valence-electron chi connectivity index (χ4n) is 1.38. The van der Waals surface area contributed by atoms with Crippen molar-refractivity contribution in [1.29, 1.82) is 0 Å². The number of carbonyl (C=O) groups excluding carboxylic acids is 1. The van der Waals surface area contributed by atoms with Crippen LogP contribution in [0.4, 0.5) is 0 Å². The number of esters is 1. The molecule has 4 heteroatoms. The number of rotatable bonds is 4. The topological polar surface area (TPSA) is 35.5 Å². The van der Waals surface area contributed by atoms with Crippen molar-refractivity contribution in [2.75, 3.05) is 6.79 Å². The standard InChI is InChI=1S/C11H16O3Si/c1-8(2)9-5-3-4-6-10(9)11(12)13-7-14-15/h3-6,8H,7H2,1-2,15H3. The zero-order chi connectivity index (χ0) is 11.3. The zero-order valence-corrected chi connectivity index (χ0v) is 11.3. The van der Waals surface area contributed by atoms with Gasteiger partial charge in [-0.2, -0.15) is 0 Å². The first-order valence-corrected chi connectivity index (χ1v) is 5.73. The molecule has 0 bridgehead atoms. The summed E-state index contributed by atoms with van der Waals surface area (Å²) >= 11 is 0. The molecule has 0 aliphatic heterocycles. The Morgan fingerprint density at radius 1 is 1.40 bits per heavy atom. The normalized spacial score (nSPS) is 10.6. The van der Waals surface area contributed by atoms with E-state index in [9.17, 15) is 4.79 Å². The van der Waals surface area contributed by atoms with E-state index >= 15 is 0 Å². The van der Waals surface area contributed by atoms with Gasteiger partial charge in [0.1, 0.15) is 10.5 Å². The van der Waals surface area contributed by atoms with Gasteiger partial charge in [0.2, 0.25) is 0 Å². The van der Waals surface area contributed by atoms with Crippen molar-refractivity contribution in [1.82, 2.24) is 0 Å². The molecule has 0 saturated heterocycles. The summed E-state index contributed by atoms with van der Waals surface area (Å²) in [5, 5.41) is 0. The number of benzene rings is 1. The Morgan fingerprint density at radius 3 is 2.67 bits per heavy atom. The highest BCUT2D eigenvalue weighted by molar-refractivity contribution is 5.98. The van der Waals surface area contributed by atoms with Gasteiger partial charge in [-0.05, 0) is 17.5 Å². The van der Waals surface area contributed by atoms with E-state index < -0.39 is 0 Å². The SMILES string of the molecule is CC(C)c1ccccc1C(=O)OCO[SiH3]. The van der Waals surface area contributed by atoms with Crippen molar-refractivity contribution >= 4 is 16.5 Å². The summed E-state index contributed by atoms with van der Waals surface area (Å²) < 4.78 is 9.77. The quantitative estimate of drug-likeness (QED) is 0.438. The van der Waals surface area contributed by atoms with Crippen molar-refractivity contribution in [2.45, 2.75) is 19.8 Å². The Kier molecular flexibility index (Phi) is 4.52. The van der Waals surface area contributed by atoms with Crippen LogP contribution >= 0.6 is 0 Å². The summed E-state index contributed by atoms with van der Waals surface area (Å²) in [6, 6.07) is 7.49. The van der Waals surface area contributed by atoms with Gasteiger partial charge in [0.15, 0.2) is 6.79 Å². The molecule has 0 radical (unpaired) electrons. The largest absolute Gasteiger partial charge is 0.436 e. The summed E-state index contributed by atoms with van der Waals surface area (Å²) in [6.07, 6.45) is 0. The predicted molar refractivity (Wildman–Crippen MR) is 61.8 cm³/mol. The molecule has 1 rings (SSSR count). The average Bonchev–Trinajstić information content (AvgIpc) is 2.25. The van der Waals surface area contributed by atoms with Crippen LogP contribution in [0, 0.1) is 0 Å². The van der Waals surface area contributed by atoms with Gasteiger partial charge in [0.25, 0.3) is 0 Å². The molecular formula is C11H16O3Si. The zero-order valence-electron chi connectivity index (χ0n) is 9.32. The molecule has 0 atom stereocenters. The van der Waals surface area contributed by atoms with E-state index in [2.05, 4.69) is 13.8 Å². The van der Waals surface area contributed by atoms with E-state index in [4.69, 9.17) is 9.16 Å². The first kappa shape index (κ1) is 11.9. The second kappa shape index (κ2) is 5.68. The highest BCUT2D eigenvalue weighted by atomic mass is 28.2. The minimum atomic E-state index is -0.310. The smallest absolute Gasteiger partial charge is 0.340 e. The molecule has 0 aromatic heterocycles. The van der Waals surface area contributed by atoms with Crippen LogP contribution in [-0.4, -0.2) is 23.2 Å². The van der Waals surface area contributed by atoms with E-state index in [1.54, 1.807) is 6.07 Å². The molecule has 0 aliphatic rings. The van der Waals surface area contributed by atoms with Crippen molar-refractivity contribution < 1.29 is 14.0 Å². The summed E-state index contributed by atoms with van der Waals surface area (Å²) in [4.78, 5) is 11.6. The Hall–Kier alpha value is -1.13. The van der Waals surface area contributed by atoms with Gasteiger partial charge in [0.05, 0.1) is 5.56 Å². The second-order valence-electron chi connectivity index (χ2n) is 3.58. The van der Waals surface area contributed by atoms with E-state index in [0.717, 1.165) is 5.56 Å². The van der Waals surface area contributed by atoms with Gasteiger partial charge in [-0.25, -0.2) is 4.79 Å². The van der Waals surface area contributed by atoms with E-state index in [-0.39, 0.29) is 12.8 Å². The molecule has 1 aromatic carbocycles. The lowest BCUT2D eigenvalue weighted by atomic mass is 9.97. The summed E-state index contributed by atoms with van der Waals surface area (Å²) in [5.74, 6) is 0.000759. The molecule has 0 amide bonds. The van der Waals surface area contributed by atoms with Crippen molar-refractivity contribution in [3.8, 4) is 0 Å². The van der Waals surface area contributed by atoms with Crippen LogP contribution in [0.3, 0.4) is 0 Å². The van der Waals surface area contributed by atoms with Gasteiger partial charge >= 0.3 is 5.97 Å². The van der Waals surface area contributed by atoms with Crippen LogP contribution in [0.2, 0.25) is 0 Å². The lowest BCUT2D eigenvalue weighted by Gasteiger charge is -2.11. The third kappa shape index (κ3) is 3.18. The molecule has 0 N–H and O–H groups in total. The summed E-state index contributed by atoms with van der Waals surface area (Å²) in [6.45, 7) is 4.15. The minimum Gasteiger partial charge on any atom is -0.436 e. The molecule has 0 fully saturated rings. The molecule has 3 nitrogen and oxygen atoms in total. The van der Waals surface area contributed by atoms with Crippen LogP contribution in [-0.2, 0) is 9.16 Å². The average molecular weight is 224 g/mol. The van der Waals surface area contributed by atoms with Crippen molar-refractivity contribution in [2.24, 2.45) is 0 Å². The van der Waals surface area contributed by atoms with Crippen LogP contribution in [0.5, 0.6) is 0 Å². The van der Waals surface area contributed by atoms with Gasteiger partial charge in [-0.1, -0.05) is 32.0 Å². The Labute approximate surface area is 92.9 Å². The fourth-order valence-corrected chi connectivity index (χ4v) is 1.49. The molecule has 1 aromatic rings. The lowest BCUT2D eigenvalue weighted by molar-refractivity contribution is 0.0176. The molecular weight excluding hydrogens is 208 g/mol. The minimum absolute atomic E-state index is 0.0531. The van der Waals surface area contributed by atoms with Crippen LogP contribution in [0.1, 0.15) is 35.7 Å². The Morgan fingerprint density at radius 2 is 2.07 bits per heavy atom. The van der Waals surface area contributed by atoms with Gasteiger partial charge < -0.3 is 9.16 Å². The van der Waals surface area contributed by atoms with Crippen LogP contribution in [0.15, 0.2) is 24.3 Å². The lowest BCUT2D eigenvalue weighted by Crippen LogP contribution is -2.11. The molecule has 82 valence electrons. The second-order valence-corrected chi connectivity index (χ2v) is 4.16. The number of hydrogen-bond donors (Lipinski definition) is 0. The predicted octanol–water partition coefficient (Wildman–Crippen LogP) is 1.22. The molecule has 0 aliphatic carbocycles. The third-order valence-corrected chi connectivity index (χ3v) is 2.35. The van der Waals surface area contributed by atoms with Gasteiger partial charge in [-0.3, -0.25) is 0 Å². The molecule has 0 saturated carbocycles.